The van der Waals surface area contributed by atoms with Gasteiger partial charge in [0.15, 0.2) is 0 Å². The summed E-state index contributed by atoms with van der Waals surface area (Å²) in [6.45, 7) is 2.49. The SMILES string of the molecule is CCC(C)(O)COc1ccc(CO)cc1C(F)(F)F. The summed E-state index contributed by atoms with van der Waals surface area (Å²) < 4.78 is 43.6. The summed E-state index contributed by atoms with van der Waals surface area (Å²) >= 11 is 0. The van der Waals surface area contributed by atoms with Crippen molar-refractivity contribution in [1.82, 2.24) is 0 Å². The summed E-state index contributed by atoms with van der Waals surface area (Å²) in [6.07, 6.45) is -4.21. The largest absolute Gasteiger partial charge is 0.490 e. The maximum Gasteiger partial charge on any atom is 0.419 e. The van der Waals surface area contributed by atoms with E-state index in [2.05, 4.69) is 0 Å². The van der Waals surface area contributed by atoms with Gasteiger partial charge in [-0.25, -0.2) is 0 Å². The predicted molar refractivity (Wildman–Crippen MR) is 63.8 cm³/mol. The van der Waals surface area contributed by atoms with Crippen LogP contribution < -0.4 is 4.74 Å². The Morgan fingerprint density at radius 3 is 2.37 bits per heavy atom. The second kappa shape index (κ2) is 5.79. The van der Waals surface area contributed by atoms with Gasteiger partial charge in [-0.2, -0.15) is 13.2 Å². The summed E-state index contributed by atoms with van der Waals surface area (Å²) in [5, 5.41) is 18.6. The number of alkyl halides is 3. The highest BCUT2D eigenvalue weighted by molar-refractivity contribution is 5.39. The molecular formula is C13H17F3O3. The molecule has 0 amide bonds. The second-order valence-electron chi connectivity index (χ2n) is 4.63. The molecular weight excluding hydrogens is 261 g/mol. The molecule has 108 valence electrons. The molecule has 0 spiro atoms. The topological polar surface area (TPSA) is 49.7 Å². The molecule has 3 nitrogen and oxygen atoms in total. The van der Waals surface area contributed by atoms with E-state index in [1.54, 1.807) is 6.92 Å². The number of rotatable bonds is 5. The lowest BCUT2D eigenvalue weighted by Gasteiger charge is -2.23. The van der Waals surface area contributed by atoms with Crippen molar-refractivity contribution in [2.45, 2.75) is 38.7 Å². The van der Waals surface area contributed by atoms with Gasteiger partial charge in [-0.3, -0.25) is 0 Å². The maximum absolute atomic E-state index is 12.8. The van der Waals surface area contributed by atoms with Crippen molar-refractivity contribution in [3.8, 4) is 5.75 Å². The number of hydrogen-bond acceptors (Lipinski definition) is 3. The van der Waals surface area contributed by atoms with Gasteiger partial charge in [-0.05, 0) is 31.0 Å². The zero-order valence-electron chi connectivity index (χ0n) is 10.8. The van der Waals surface area contributed by atoms with Crippen molar-refractivity contribution in [3.63, 3.8) is 0 Å². The van der Waals surface area contributed by atoms with Crippen LogP contribution in [0.2, 0.25) is 0 Å². The lowest BCUT2D eigenvalue weighted by molar-refractivity contribution is -0.139. The van der Waals surface area contributed by atoms with E-state index in [1.165, 1.54) is 13.0 Å². The lowest BCUT2D eigenvalue weighted by atomic mass is 10.1. The maximum atomic E-state index is 12.8. The molecule has 0 fully saturated rings. The van der Waals surface area contributed by atoms with Crippen LogP contribution in [0.5, 0.6) is 5.75 Å². The highest BCUT2D eigenvalue weighted by Gasteiger charge is 2.35. The zero-order valence-corrected chi connectivity index (χ0v) is 10.8. The smallest absolute Gasteiger partial charge is 0.419 e. The van der Waals surface area contributed by atoms with Crippen LogP contribution in [-0.4, -0.2) is 22.4 Å². The highest BCUT2D eigenvalue weighted by atomic mass is 19.4. The molecule has 1 rings (SSSR count). The molecule has 0 radical (unpaired) electrons. The van der Waals surface area contributed by atoms with Gasteiger partial charge in [0, 0.05) is 0 Å². The van der Waals surface area contributed by atoms with Gasteiger partial charge in [-0.1, -0.05) is 13.0 Å². The molecule has 0 aliphatic carbocycles. The van der Waals surface area contributed by atoms with Crippen LogP contribution in [0.3, 0.4) is 0 Å². The third-order valence-electron chi connectivity index (χ3n) is 2.83. The first kappa shape index (κ1) is 15.8. The average molecular weight is 278 g/mol. The minimum Gasteiger partial charge on any atom is -0.490 e. The Labute approximate surface area is 109 Å². The summed E-state index contributed by atoms with van der Waals surface area (Å²) in [7, 11) is 0. The van der Waals surface area contributed by atoms with Crippen LogP contribution in [0.4, 0.5) is 13.2 Å². The van der Waals surface area contributed by atoms with Crippen molar-refractivity contribution in [3.05, 3.63) is 29.3 Å². The van der Waals surface area contributed by atoms with E-state index in [9.17, 15) is 18.3 Å². The summed E-state index contributed by atoms with van der Waals surface area (Å²) in [5.74, 6) is -0.349. The first-order valence-electron chi connectivity index (χ1n) is 5.86. The number of aliphatic hydroxyl groups excluding tert-OH is 1. The number of halogens is 3. The normalized spacial score (nSPS) is 15.1. The molecule has 1 unspecified atom stereocenters. The highest BCUT2D eigenvalue weighted by Crippen LogP contribution is 2.37. The van der Waals surface area contributed by atoms with Crippen molar-refractivity contribution < 1.29 is 28.1 Å². The van der Waals surface area contributed by atoms with E-state index in [4.69, 9.17) is 9.84 Å². The zero-order chi connectivity index (χ0) is 14.7. The van der Waals surface area contributed by atoms with Gasteiger partial charge < -0.3 is 14.9 Å². The number of hydrogen-bond donors (Lipinski definition) is 2. The van der Waals surface area contributed by atoms with Crippen LogP contribution in [-0.2, 0) is 12.8 Å². The monoisotopic (exact) mass is 278 g/mol. The minimum absolute atomic E-state index is 0.155. The molecule has 19 heavy (non-hydrogen) atoms. The summed E-state index contributed by atoms with van der Waals surface area (Å²) in [6, 6.07) is 3.35. The molecule has 0 saturated heterocycles. The van der Waals surface area contributed by atoms with Gasteiger partial charge >= 0.3 is 6.18 Å². The molecule has 0 saturated carbocycles. The van der Waals surface area contributed by atoms with Crippen molar-refractivity contribution in [2.24, 2.45) is 0 Å². The molecule has 0 heterocycles. The lowest BCUT2D eigenvalue weighted by Crippen LogP contribution is -2.31. The average Bonchev–Trinajstić information content (AvgIpc) is 2.35. The number of benzene rings is 1. The first-order valence-corrected chi connectivity index (χ1v) is 5.86. The van der Waals surface area contributed by atoms with E-state index in [0.29, 0.717) is 6.42 Å². The Balaban J connectivity index is 3.00. The van der Waals surface area contributed by atoms with Gasteiger partial charge in [0.2, 0.25) is 0 Å². The fourth-order valence-corrected chi connectivity index (χ4v) is 1.36. The van der Waals surface area contributed by atoms with Crippen LogP contribution >= 0.6 is 0 Å². The molecule has 2 N–H and O–H groups in total. The Bertz CT molecular complexity index is 428. The second-order valence-corrected chi connectivity index (χ2v) is 4.63. The minimum atomic E-state index is -4.57. The molecule has 0 aliphatic heterocycles. The summed E-state index contributed by atoms with van der Waals surface area (Å²) in [5.41, 5.74) is -1.98. The quantitative estimate of drug-likeness (QED) is 0.870. The van der Waals surface area contributed by atoms with Crippen molar-refractivity contribution in [1.29, 1.82) is 0 Å². The Morgan fingerprint density at radius 1 is 1.26 bits per heavy atom. The summed E-state index contributed by atoms with van der Waals surface area (Å²) in [4.78, 5) is 0. The first-order chi connectivity index (χ1) is 8.69. The fraction of sp³-hybridized carbons (Fsp3) is 0.538. The Kier molecular flexibility index (Phi) is 4.81. The molecule has 1 aromatic carbocycles. The Morgan fingerprint density at radius 2 is 1.89 bits per heavy atom. The molecule has 0 aliphatic rings. The van der Waals surface area contributed by atoms with E-state index in [1.807, 2.05) is 0 Å². The fourth-order valence-electron chi connectivity index (χ4n) is 1.36. The molecule has 1 atom stereocenters. The van der Waals surface area contributed by atoms with Gasteiger partial charge in [0.05, 0.1) is 17.8 Å². The Hall–Kier alpha value is -1.27. The van der Waals surface area contributed by atoms with Crippen LogP contribution in [0.25, 0.3) is 0 Å². The van der Waals surface area contributed by atoms with E-state index in [0.717, 1.165) is 12.1 Å². The van der Waals surface area contributed by atoms with Crippen molar-refractivity contribution in [2.75, 3.05) is 6.61 Å². The van der Waals surface area contributed by atoms with Gasteiger partial charge in [0.1, 0.15) is 12.4 Å². The number of aliphatic hydroxyl groups is 2. The van der Waals surface area contributed by atoms with Gasteiger partial charge in [-0.15, -0.1) is 0 Å². The third kappa shape index (κ3) is 4.40. The molecule has 0 bridgehead atoms. The van der Waals surface area contributed by atoms with Crippen molar-refractivity contribution >= 4 is 0 Å². The van der Waals surface area contributed by atoms with E-state index >= 15 is 0 Å². The van der Waals surface area contributed by atoms with Crippen LogP contribution in [0.15, 0.2) is 18.2 Å². The van der Waals surface area contributed by atoms with Crippen LogP contribution in [0, 0.1) is 0 Å². The van der Waals surface area contributed by atoms with Crippen LogP contribution in [0.1, 0.15) is 31.4 Å². The van der Waals surface area contributed by atoms with E-state index in [-0.39, 0.29) is 17.9 Å². The molecule has 0 aromatic heterocycles. The third-order valence-corrected chi connectivity index (χ3v) is 2.83. The van der Waals surface area contributed by atoms with E-state index < -0.39 is 23.9 Å². The standard InChI is InChI=1S/C13H17F3O3/c1-3-12(2,18)8-19-11-5-4-9(7-17)6-10(11)13(14,15)16/h4-6,17-18H,3,7-8H2,1-2H3. The molecule has 6 heteroatoms. The number of ether oxygens (including phenoxy) is 1. The predicted octanol–water partition coefficient (Wildman–Crippen LogP) is 2.74. The van der Waals surface area contributed by atoms with Gasteiger partial charge in [0.25, 0.3) is 0 Å². The molecule has 1 aromatic rings.